The van der Waals surface area contributed by atoms with Crippen molar-refractivity contribution in [1.29, 1.82) is 5.26 Å². The summed E-state index contributed by atoms with van der Waals surface area (Å²) in [7, 11) is 1.52. The molecule has 2 aliphatic rings. The Morgan fingerprint density at radius 2 is 1.93 bits per heavy atom. The lowest BCUT2D eigenvalue weighted by Crippen LogP contribution is -2.48. The van der Waals surface area contributed by atoms with Gasteiger partial charge in [0.15, 0.2) is 11.6 Å². The van der Waals surface area contributed by atoms with E-state index < -0.39 is 41.0 Å². The largest absolute Gasteiger partial charge is 0.352 e. The topological polar surface area (TPSA) is 92.8 Å². The molecule has 3 amide bonds. The Kier molecular flexibility index (Phi) is 8.46. The second-order valence-electron chi connectivity index (χ2n) is 10.0. The summed E-state index contributed by atoms with van der Waals surface area (Å²) < 4.78 is 41.0. The highest BCUT2D eigenvalue weighted by Crippen LogP contribution is 2.39. The molecular weight excluding hydrogens is 521 g/mol. The second-order valence-corrected chi connectivity index (χ2v) is 10.0. The van der Waals surface area contributed by atoms with Crippen molar-refractivity contribution >= 4 is 11.9 Å². The summed E-state index contributed by atoms with van der Waals surface area (Å²) in [4.78, 5) is 32.9. The Morgan fingerprint density at radius 1 is 1.20 bits per heavy atom. The SMILES string of the molecule is [C-]#[N+]C1(c2ccc(F)cc2C#N)CCN(CCCNC(=O)C2=C(C)N(C)C(=O)NC2c2ccc(F)c(F)c2)CC1. The van der Waals surface area contributed by atoms with Gasteiger partial charge >= 0.3 is 6.03 Å². The number of nitrogens with one attached hydrogen (secondary N) is 2. The lowest BCUT2D eigenvalue weighted by atomic mass is 9.79. The number of amides is 3. The van der Waals surface area contributed by atoms with E-state index in [4.69, 9.17) is 6.57 Å². The molecular formula is C29H29F3N6O2. The maximum Gasteiger partial charge on any atom is 0.322 e. The molecule has 1 fully saturated rings. The van der Waals surface area contributed by atoms with Gasteiger partial charge in [-0.2, -0.15) is 5.26 Å². The van der Waals surface area contributed by atoms with E-state index in [0.29, 0.717) is 56.7 Å². The third-order valence-corrected chi connectivity index (χ3v) is 7.71. The van der Waals surface area contributed by atoms with Crippen molar-refractivity contribution in [3.05, 3.63) is 93.2 Å². The van der Waals surface area contributed by atoms with Crippen LogP contribution >= 0.6 is 0 Å². The second kappa shape index (κ2) is 11.8. The van der Waals surface area contributed by atoms with E-state index in [1.807, 2.05) is 6.07 Å². The van der Waals surface area contributed by atoms with E-state index in [-0.39, 0.29) is 16.7 Å². The van der Waals surface area contributed by atoms with Crippen LogP contribution in [0, 0.1) is 35.4 Å². The van der Waals surface area contributed by atoms with Crippen LogP contribution in [0.25, 0.3) is 4.85 Å². The lowest BCUT2D eigenvalue weighted by Gasteiger charge is -2.35. The number of carbonyl (C=O) groups excluding carboxylic acids is 2. The number of hydrogen-bond donors (Lipinski definition) is 2. The van der Waals surface area contributed by atoms with Crippen LogP contribution in [0.2, 0.25) is 0 Å². The van der Waals surface area contributed by atoms with Gasteiger partial charge in [0.25, 0.3) is 11.4 Å². The van der Waals surface area contributed by atoms with Gasteiger partial charge in [0.05, 0.1) is 28.8 Å². The lowest BCUT2D eigenvalue weighted by molar-refractivity contribution is -0.118. The molecule has 0 aliphatic carbocycles. The number of urea groups is 1. The molecule has 2 aromatic carbocycles. The van der Waals surface area contributed by atoms with Crippen molar-refractivity contribution in [3.63, 3.8) is 0 Å². The fraction of sp³-hybridized carbons (Fsp3) is 0.379. The minimum absolute atomic E-state index is 0.183. The Bertz CT molecular complexity index is 1440. The molecule has 2 aromatic rings. The van der Waals surface area contributed by atoms with Crippen molar-refractivity contribution in [2.24, 2.45) is 0 Å². The normalized spacial score (nSPS) is 19.0. The van der Waals surface area contributed by atoms with Crippen LogP contribution < -0.4 is 10.6 Å². The molecule has 40 heavy (non-hydrogen) atoms. The molecule has 2 N–H and O–H groups in total. The summed E-state index contributed by atoms with van der Waals surface area (Å²) in [6.07, 6.45) is 1.61. The third-order valence-electron chi connectivity index (χ3n) is 7.71. The first-order valence-corrected chi connectivity index (χ1v) is 12.9. The highest BCUT2D eigenvalue weighted by atomic mass is 19.2. The Labute approximate surface area is 230 Å². The van der Waals surface area contributed by atoms with Gasteiger partial charge in [-0.15, -0.1) is 0 Å². The fourth-order valence-corrected chi connectivity index (χ4v) is 5.27. The molecule has 2 aliphatic heterocycles. The minimum Gasteiger partial charge on any atom is -0.352 e. The summed E-state index contributed by atoms with van der Waals surface area (Å²) in [6.45, 7) is 11.6. The van der Waals surface area contributed by atoms with Crippen LogP contribution in [0.5, 0.6) is 0 Å². The standard InChI is InChI=1S/C29H29F3N6O2/c1-18-25(26(36-28(40)37(18)3)19-5-8-23(31)24(32)16-19)27(39)35-11-4-12-38-13-9-29(34-2,10-14-38)22-7-6-21(30)15-20(22)17-33/h5-8,15-16,26H,4,9-14H2,1,3H3,(H,35,39)(H,36,40). The van der Waals surface area contributed by atoms with Crippen LogP contribution in [-0.2, 0) is 10.3 Å². The van der Waals surface area contributed by atoms with Crippen molar-refractivity contribution in [2.75, 3.05) is 33.2 Å². The van der Waals surface area contributed by atoms with E-state index in [9.17, 15) is 28.0 Å². The molecule has 1 saturated heterocycles. The van der Waals surface area contributed by atoms with Crippen molar-refractivity contribution in [3.8, 4) is 6.07 Å². The summed E-state index contributed by atoms with van der Waals surface area (Å²) >= 11 is 0. The fourth-order valence-electron chi connectivity index (χ4n) is 5.27. The van der Waals surface area contributed by atoms with E-state index in [1.165, 1.54) is 36.2 Å². The number of piperidine rings is 1. The molecule has 1 atom stereocenters. The first-order valence-electron chi connectivity index (χ1n) is 12.9. The maximum atomic E-state index is 13.9. The summed E-state index contributed by atoms with van der Waals surface area (Å²) in [6, 6.07) is 7.85. The number of nitriles is 1. The predicted molar refractivity (Wildman–Crippen MR) is 141 cm³/mol. The molecule has 208 valence electrons. The molecule has 0 bridgehead atoms. The quantitative estimate of drug-likeness (QED) is 0.396. The van der Waals surface area contributed by atoms with Gasteiger partial charge < -0.3 is 25.3 Å². The molecule has 11 heteroatoms. The van der Waals surface area contributed by atoms with E-state index in [0.717, 1.165) is 12.1 Å². The number of rotatable bonds is 7. The van der Waals surface area contributed by atoms with Gasteiger partial charge in [-0.3, -0.25) is 4.79 Å². The van der Waals surface area contributed by atoms with Gasteiger partial charge in [0, 0.05) is 45.2 Å². The number of benzene rings is 2. The van der Waals surface area contributed by atoms with Crippen LogP contribution in [0.3, 0.4) is 0 Å². The highest BCUT2D eigenvalue weighted by molar-refractivity contribution is 5.98. The highest BCUT2D eigenvalue weighted by Gasteiger charge is 2.44. The number of likely N-dealkylation sites (tertiary alicyclic amines) is 1. The average molecular weight is 551 g/mol. The Hall–Kier alpha value is -4.35. The van der Waals surface area contributed by atoms with Crippen LogP contribution in [0.1, 0.15) is 48.9 Å². The van der Waals surface area contributed by atoms with E-state index >= 15 is 0 Å². The molecule has 2 heterocycles. The van der Waals surface area contributed by atoms with Gasteiger partial charge in [-0.05, 0) is 55.8 Å². The number of hydrogen-bond acceptors (Lipinski definition) is 4. The van der Waals surface area contributed by atoms with Crippen molar-refractivity contribution in [1.82, 2.24) is 20.4 Å². The molecule has 8 nitrogen and oxygen atoms in total. The molecule has 0 saturated carbocycles. The Morgan fingerprint density at radius 3 is 2.58 bits per heavy atom. The van der Waals surface area contributed by atoms with Gasteiger partial charge in [0.1, 0.15) is 5.82 Å². The first kappa shape index (κ1) is 28.7. The zero-order valence-electron chi connectivity index (χ0n) is 22.2. The number of carbonyl (C=O) groups is 2. The Balaban J connectivity index is 1.36. The number of allylic oxidation sites excluding steroid dienone is 1. The smallest absolute Gasteiger partial charge is 0.322 e. The predicted octanol–water partition coefficient (Wildman–Crippen LogP) is 4.36. The van der Waals surface area contributed by atoms with Gasteiger partial charge in [-0.25, -0.2) is 24.5 Å². The van der Waals surface area contributed by atoms with Gasteiger partial charge in [-0.1, -0.05) is 6.07 Å². The van der Waals surface area contributed by atoms with Crippen LogP contribution in [-0.4, -0.2) is 55.0 Å². The van der Waals surface area contributed by atoms with E-state index in [1.54, 1.807) is 6.92 Å². The maximum absolute atomic E-state index is 13.9. The summed E-state index contributed by atoms with van der Waals surface area (Å²) in [5.74, 6) is -3.03. The van der Waals surface area contributed by atoms with Crippen LogP contribution in [0.4, 0.5) is 18.0 Å². The number of nitrogens with zero attached hydrogens (tertiary/aromatic N) is 4. The monoisotopic (exact) mass is 550 g/mol. The van der Waals surface area contributed by atoms with Crippen molar-refractivity contribution < 1.29 is 22.8 Å². The van der Waals surface area contributed by atoms with Crippen molar-refractivity contribution in [2.45, 2.75) is 37.8 Å². The summed E-state index contributed by atoms with van der Waals surface area (Å²) in [5.41, 5.74) is 0.757. The zero-order chi connectivity index (χ0) is 29.0. The number of halogens is 3. The molecule has 0 aromatic heterocycles. The zero-order valence-corrected chi connectivity index (χ0v) is 22.2. The summed E-state index contributed by atoms with van der Waals surface area (Å²) in [5, 5.41) is 15.0. The third kappa shape index (κ3) is 5.65. The molecule has 4 rings (SSSR count). The average Bonchev–Trinajstić information content (AvgIpc) is 2.95. The minimum atomic E-state index is -1.07. The van der Waals surface area contributed by atoms with Gasteiger partial charge in [0.2, 0.25) is 0 Å². The molecule has 0 spiro atoms. The molecule has 1 unspecified atom stereocenters. The molecule has 0 radical (unpaired) electrons. The first-order chi connectivity index (χ1) is 19.1. The van der Waals surface area contributed by atoms with E-state index in [2.05, 4.69) is 20.4 Å². The van der Waals surface area contributed by atoms with Crippen LogP contribution in [0.15, 0.2) is 47.7 Å².